The van der Waals surface area contributed by atoms with E-state index >= 15 is 0 Å². The Kier molecular flexibility index (Phi) is 10.7. The van der Waals surface area contributed by atoms with Crippen molar-refractivity contribution in [2.24, 2.45) is 16.8 Å². The number of halogens is 1. The van der Waals surface area contributed by atoms with Crippen LogP contribution in [0.2, 0.25) is 0 Å². The van der Waals surface area contributed by atoms with Crippen LogP contribution < -0.4 is 5.32 Å². The van der Waals surface area contributed by atoms with E-state index in [1.165, 1.54) is 25.9 Å². The van der Waals surface area contributed by atoms with Crippen LogP contribution in [-0.2, 0) is 9.53 Å². The molecule has 0 saturated carbocycles. The second kappa shape index (κ2) is 11.9. The minimum atomic E-state index is -0.0422. The number of esters is 1. The number of nitrogens with zero attached hydrogens (tertiary/aromatic N) is 3. The van der Waals surface area contributed by atoms with Gasteiger partial charge in [-0.3, -0.25) is 9.79 Å². The van der Waals surface area contributed by atoms with Gasteiger partial charge >= 0.3 is 5.97 Å². The second-order valence-corrected chi connectivity index (χ2v) is 7.01. The number of carbonyl (C=O) groups is 1. The van der Waals surface area contributed by atoms with Gasteiger partial charge < -0.3 is 19.9 Å². The molecule has 0 unspecified atom stereocenters. The SMILES string of the molecule is CCOC(=O)C1CCN(C(=NC)NCCN2CCC(C)CC2)CC1.I. The Morgan fingerprint density at radius 1 is 1.16 bits per heavy atom. The fraction of sp³-hybridized carbons (Fsp3) is 0.889. The molecule has 2 heterocycles. The Balaban J connectivity index is 0.00000312. The zero-order valence-electron chi connectivity index (χ0n) is 16.0. The molecule has 0 aromatic heterocycles. The molecule has 0 aliphatic carbocycles. The van der Waals surface area contributed by atoms with Crippen LogP contribution in [0.15, 0.2) is 4.99 Å². The molecule has 146 valence electrons. The van der Waals surface area contributed by atoms with Gasteiger partial charge in [0, 0.05) is 33.2 Å². The van der Waals surface area contributed by atoms with Crippen molar-refractivity contribution in [1.29, 1.82) is 0 Å². The maximum atomic E-state index is 11.8. The number of likely N-dealkylation sites (tertiary alicyclic amines) is 2. The molecule has 0 aromatic rings. The minimum Gasteiger partial charge on any atom is -0.466 e. The monoisotopic (exact) mass is 466 g/mol. The van der Waals surface area contributed by atoms with Crippen molar-refractivity contribution in [3.05, 3.63) is 0 Å². The normalized spacial score (nSPS) is 20.9. The number of aliphatic imine (C=N–C) groups is 1. The molecule has 2 rings (SSSR count). The van der Waals surface area contributed by atoms with E-state index in [1.807, 2.05) is 14.0 Å². The van der Waals surface area contributed by atoms with Crippen molar-refractivity contribution in [3.63, 3.8) is 0 Å². The van der Waals surface area contributed by atoms with Crippen molar-refractivity contribution >= 4 is 35.9 Å². The summed E-state index contributed by atoms with van der Waals surface area (Å²) < 4.78 is 5.13. The molecule has 2 fully saturated rings. The summed E-state index contributed by atoms with van der Waals surface area (Å²) in [5.74, 6) is 1.85. The molecule has 0 aromatic carbocycles. The van der Waals surface area contributed by atoms with Crippen molar-refractivity contribution in [1.82, 2.24) is 15.1 Å². The van der Waals surface area contributed by atoms with Crippen LogP contribution in [0.25, 0.3) is 0 Å². The van der Waals surface area contributed by atoms with Crippen molar-refractivity contribution in [2.75, 3.05) is 52.9 Å². The predicted octanol–water partition coefficient (Wildman–Crippen LogP) is 2.19. The molecule has 0 atom stereocenters. The molecular formula is C18H35IN4O2. The molecule has 1 N–H and O–H groups in total. The Morgan fingerprint density at radius 3 is 2.36 bits per heavy atom. The van der Waals surface area contributed by atoms with E-state index in [9.17, 15) is 4.79 Å². The average molecular weight is 466 g/mol. The lowest BCUT2D eigenvalue weighted by molar-refractivity contribution is -0.149. The highest BCUT2D eigenvalue weighted by Crippen LogP contribution is 2.19. The number of hydrogen-bond acceptors (Lipinski definition) is 4. The third-order valence-corrected chi connectivity index (χ3v) is 5.21. The lowest BCUT2D eigenvalue weighted by Crippen LogP contribution is -2.48. The standard InChI is InChI=1S/C18H34N4O2.HI/c1-4-24-17(23)16-7-12-22(13-8-16)18(19-3)20-9-14-21-10-5-15(2)6-11-21;/h15-16H,4-14H2,1-3H3,(H,19,20);1H. The third kappa shape index (κ3) is 7.29. The fourth-order valence-electron chi connectivity index (χ4n) is 3.53. The number of guanidine groups is 1. The largest absolute Gasteiger partial charge is 0.466 e. The first-order valence-electron chi connectivity index (χ1n) is 9.48. The minimum absolute atomic E-state index is 0. The van der Waals surface area contributed by atoms with Gasteiger partial charge in [0.25, 0.3) is 0 Å². The molecule has 2 aliphatic heterocycles. The van der Waals surface area contributed by atoms with E-state index in [2.05, 4.69) is 27.0 Å². The summed E-state index contributed by atoms with van der Waals surface area (Å²) in [6, 6.07) is 0. The zero-order chi connectivity index (χ0) is 17.4. The first kappa shape index (κ1) is 22.5. The van der Waals surface area contributed by atoms with Gasteiger partial charge in [0.05, 0.1) is 12.5 Å². The van der Waals surface area contributed by atoms with Crippen LogP contribution >= 0.6 is 24.0 Å². The lowest BCUT2D eigenvalue weighted by atomic mass is 9.97. The first-order valence-corrected chi connectivity index (χ1v) is 9.48. The van der Waals surface area contributed by atoms with Crippen LogP contribution in [0.5, 0.6) is 0 Å². The quantitative estimate of drug-likeness (QED) is 0.292. The van der Waals surface area contributed by atoms with Crippen molar-refractivity contribution in [2.45, 2.75) is 39.5 Å². The van der Waals surface area contributed by atoms with Gasteiger partial charge in [0.2, 0.25) is 0 Å². The summed E-state index contributed by atoms with van der Waals surface area (Å²) in [7, 11) is 1.84. The number of rotatable bonds is 5. The van der Waals surface area contributed by atoms with Crippen molar-refractivity contribution < 1.29 is 9.53 Å². The number of ether oxygens (including phenoxy) is 1. The van der Waals surface area contributed by atoms with Gasteiger partial charge in [-0.05, 0) is 51.6 Å². The van der Waals surface area contributed by atoms with Crippen LogP contribution in [-0.4, -0.2) is 74.7 Å². The molecule has 7 heteroatoms. The number of hydrogen-bond donors (Lipinski definition) is 1. The molecule has 2 aliphatic rings. The van der Waals surface area contributed by atoms with Crippen LogP contribution in [0.1, 0.15) is 39.5 Å². The number of nitrogens with one attached hydrogen (secondary N) is 1. The second-order valence-electron chi connectivity index (χ2n) is 7.01. The molecule has 2 saturated heterocycles. The molecule has 0 bridgehead atoms. The third-order valence-electron chi connectivity index (χ3n) is 5.21. The number of carbonyl (C=O) groups excluding carboxylic acids is 1. The van der Waals surface area contributed by atoms with E-state index in [0.29, 0.717) is 6.61 Å². The predicted molar refractivity (Wildman–Crippen MR) is 113 cm³/mol. The highest BCUT2D eigenvalue weighted by Gasteiger charge is 2.27. The molecule has 25 heavy (non-hydrogen) atoms. The average Bonchev–Trinajstić information content (AvgIpc) is 2.61. The summed E-state index contributed by atoms with van der Waals surface area (Å²) in [6.45, 7) is 10.8. The van der Waals surface area contributed by atoms with Gasteiger partial charge in [0.1, 0.15) is 0 Å². The number of piperidine rings is 2. The lowest BCUT2D eigenvalue weighted by Gasteiger charge is -2.34. The van der Waals surface area contributed by atoms with Gasteiger partial charge in [-0.2, -0.15) is 0 Å². The fourth-order valence-corrected chi connectivity index (χ4v) is 3.53. The van der Waals surface area contributed by atoms with E-state index in [-0.39, 0.29) is 35.9 Å². The van der Waals surface area contributed by atoms with Crippen LogP contribution in [0.4, 0.5) is 0 Å². The maximum Gasteiger partial charge on any atom is 0.309 e. The van der Waals surface area contributed by atoms with Crippen LogP contribution in [0.3, 0.4) is 0 Å². The molecule has 0 radical (unpaired) electrons. The van der Waals surface area contributed by atoms with Gasteiger partial charge in [0.15, 0.2) is 5.96 Å². The Morgan fingerprint density at radius 2 is 1.80 bits per heavy atom. The highest BCUT2D eigenvalue weighted by atomic mass is 127. The Labute approximate surface area is 169 Å². The maximum absolute atomic E-state index is 11.8. The van der Waals surface area contributed by atoms with Gasteiger partial charge in [-0.15, -0.1) is 24.0 Å². The van der Waals surface area contributed by atoms with E-state index in [1.54, 1.807) is 0 Å². The van der Waals surface area contributed by atoms with E-state index in [4.69, 9.17) is 4.74 Å². The van der Waals surface area contributed by atoms with Crippen LogP contribution in [0, 0.1) is 11.8 Å². The zero-order valence-corrected chi connectivity index (χ0v) is 18.3. The summed E-state index contributed by atoms with van der Waals surface area (Å²) in [6.07, 6.45) is 4.33. The molecular weight excluding hydrogens is 431 g/mol. The summed E-state index contributed by atoms with van der Waals surface area (Å²) in [4.78, 5) is 21.0. The summed E-state index contributed by atoms with van der Waals surface area (Å²) >= 11 is 0. The smallest absolute Gasteiger partial charge is 0.309 e. The van der Waals surface area contributed by atoms with Gasteiger partial charge in [-0.25, -0.2) is 0 Å². The summed E-state index contributed by atoms with van der Waals surface area (Å²) in [5, 5.41) is 3.48. The Hall–Kier alpha value is -0.570. The topological polar surface area (TPSA) is 57.2 Å². The summed E-state index contributed by atoms with van der Waals surface area (Å²) in [5.41, 5.74) is 0. The van der Waals surface area contributed by atoms with E-state index in [0.717, 1.165) is 50.9 Å². The molecule has 0 amide bonds. The Bertz CT molecular complexity index is 417. The molecule has 6 nitrogen and oxygen atoms in total. The highest BCUT2D eigenvalue weighted by molar-refractivity contribution is 14.0. The molecule has 0 spiro atoms. The van der Waals surface area contributed by atoms with Gasteiger partial charge in [-0.1, -0.05) is 6.92 Å². The van der Waals surface area contributed by atoms with E-state index < -0.39 is 0 Å². The first-order chi connectivity index (χ1) is 11.6. The van der Waals surface area contributed by atoms with Crippen molar-refractivity contribution in [3.8, 4) is 0 Å².